The van der Waals surface area contributed by atoms with Crippen molar-refractivity contribution in [3.63, 3.8) is 0 Å². The van der Waals surface area contributed by atoms with E-state index < -0.39 is 5.91 Å². The molecule has 0 atom stereocenters. The Morgan fingerprint density at radius 3 is 2.48 bits per heavy atom. The molecule has 0 radical (unpaired) electrons. The van der Waals surface area contributed by atoms with E-state index in [1.807, 2.05) is 72.3 Å². The minimum atomic E-state index is -0.413. The zero-order valence-corrected chi connectivity index (χ0v) is 16.0. The number of fused-ring (bicyclic) bond motifs is 1. The third-order valence-corrected chi connectivity index (χ3v) is 5.38. The molecule has 1 N–H and O–H groups in total. The Morgan fingerprint density at radius 1 is 1.00 bits per heavy atom. The SMILES string of the molecule is N=C1/C(=C/c2cn(-c3ccccc3)nc2-c2ccccc2)C(=O)N=C2SC=CN12. The van der Waals surface area contributed by atoms with Gasteiger partial charge >= 0.3 is 0 Å². The van der Waals surface area contributed by atoms with Gasteiger partial charge in [0.05, 0.1) is 17.0 Å². The van der Waals surface area contributed by atoms with Gasteiger partial charge in [0.25, 0.3) is 5.91 Å². The fraction of sp³-hybridized carbons (Fsp3) is 0. The molecule has 3 aromatic rings. The van der Waals surface area contributed by atoms with Crippen molar-refractivity contribution in [2.24, 2.45) is 4.99 Å². The molecule has 1 aromatic heterocycles. The maximum Gasteiger partial charge on any atom is 0.283 e. The number of carbonyl (C=O) groups excluding carboxylic acids is 1. The molecule has 0 saturated heterocycles. The lowest BCUT2D eigenvalue weighted by molar-refractivity contribution is -0.114. The van der Waals surface area contributed by atoms with Gasteiger partial charge in [-0.2, -0.15) is 10.1 Å². The number of benzene rings is 2. The van der Waals surface area contributed by atoms with E-state index in [1.165, 1.54) is 11.8 Å². The monoisotopic (exact) mass is 397 g/mol. The Morgan fingerprint density at radius 2 is 1.72 bits per heavy atom. The molecule has 0 unspecified atom stereocenters. The first kappa shape index (κ1) is 17.4. The predicted molar refractivity (Wildman–Crippen MR) is 116 cm³/mol. The van der Waals surface area contributed by atoms with Crippen molar-refractivity contribution in [2.45, 2.75) is 0 Å². The molecule has 7 heteroatoms. The highest BCUT2D eigenvalue weighted by Gasteiger charge is 2.31. The molecular weight excluding hydrogens is 382 g/mol. The van der Waals surface area contributed by atoms with Gasteiger partial charge in [-0.1, -0.05) is 60.3 Å². The van der Waals surface area contributed by atoms with Crippen molar-refractivity contribution in [1.82, 2.24) is 14.7 Å². The number of thioether (sulfide) groups is 1. The normalized spacial score (nSPS) is 17.0. The lowest BCUT2D eigenvalue weighted by Gasteiger charge is -2.22. The van der Waals surface area contributed by atoms with Crippen LogP contribution in [0.2, 0.25) is 0 Å². The van der Waals surface area contributed by atoms with E-state index in [0.29, 0.717) is 5.17 Å². The van der Waals surface area contributed by atoms with Crippen LogP contribution in [-0.4, -0.2) is 31.6 Å². The summed E-state index contributed by atoms with van der Waals surface area (Å²) in [4.78, 5) is 18.3. The topological polar surface area (TPSA) is 74.3 Å². The van der Waals surface area contributed by atoms with E-state index in [-0.39, 0.29) is 11.4 Å². The van der Waals surface area contributed by atoms with Gasteiger partial charge in [0.2, 0.25) is 0 Å². The second kappa shape index (κ2) is 7.03. The van der Waals surface area contributed by atoms with Crippen LogP contribution in [0.25, 0.3) is 23.0 Å². The van der Waals surface area contributed by atoms with Crippen molar-refractivity contribution in [1.29, 1.82) is 5.41 Å². The Labute approximate surface area is 171 Å². The molecule has 2 aromatic carbocycles. The number of carbonyl (C=O) groups is 1. The molecule has 0 bridgehead atoms. The summed E-state index contributed by atoms with van der Waals surface area (Å²) in [6, 6.07) is 19.6. The van der Waals surface area contributed by atoms with E-state index in [1.54, 1.807) is 21.9 Å². The third-order valence-electron chi connectivity index (χ3n) is 4.62. The van der Waals surface area contributed by atoms with Gasteiger partial charge in [-0.25, -0.2) is 4.68 Å². The summed E-state index contributed by atoms with van der Waals surface area (Å²) >= 11 is 1.33. The van der Waals surface area contributed by atoms with Crippen LogP contribution in [0.4, 0.5) is 0 Å². The maximum atomic E-state index is 12.6. The van der Waals surface area contributed by atoms with Crippen molar-refractivity contribution < 1.29 is 4.79 Å². The van der Waals surface area contributed by atoms with Gasteiger partial charge < -0.3 is 0 Å². The second-order valence-corrected chi connectivity index (χ2v) is 7.33. The smallest absolute Gasteiger partial charge is 0.283 e. The van der Waals surface area contributed by atoms with Crippen LogP contribution >= 0.6 is 11.8 Å². The number of hydrogen-bond donors (Lipinski definition) is 1. The number of aromatic nitrogens is 2. The summed E-state index contributed by atoms with van der Waals surface area (Å²) in [5.41, 5.74) is 3.58. The fourth-order valence-corrected chi connectivity index (χ4v) is 3.92. The molecule has 2 aliphatic heterocycles. The van der Waals surface area contributed by atoms with Crippen molar-refractivity contribution in [3.8, 4) is 16.9 Å². The zero-order chi connectivity index (χ0) is 19.8. The van der Waals surface area contributed by atoms with Crippen LogP contribution in [-0.2, 0) is 4.79 Å². The Kier molecular flexibility index (Phi) is 4.22. The quantitative estimate of drug-likeness (QED) is 0.668. The van der Waals surface area contributed by atoms with Crippen molar-refractivity contribution in [3.05, 3.63) is 89.6 Å². The first-order valence-corrected chi connectivity index (χ1v) is 9.85. The molecule has 0 saturated carbocycles. The van der Waals surface area contributed by atoms with Gasteiger partial charge in [0, 0.05) is 23.5 Å². The maximum absolute atomic E-state index is 12.6. The molecule has 6 nitrogen and oxygen atoms in total. The number of rotatable bonds is 3. The average molecular weight is 397 g/mol. The molecule has 5 rings (SSSR count). The van der Waals surface area contributed by atoms with Crippen LogP contribution in [0.1, 0.15) is 5.56 Å². The van der Waals surface area contributed by atoms with Gasteiger partial charge in [-0.05, 0) is 23.6 Å². The number of aliphatic imine (C=N–C) groups is 1. The summed E-state index contributed by atoms with van der Waals surface area (Å²) in [6.07, 6.45) is 5.33. The molecule has 29 heavy (non-hydrogen) atoms. The van der Waals surface area contributed by atoms with E-state index in [4.69, 9.17) is 10.5 Å². The van der Waals surface area contributed by atoms with Gasteiger partial charge in [-0.3, -0.25) is 15.1 Å². The fourth-order valence-electron chi connectivity index (χ4n) is 3.21. The average Bonchev–Trinajstić information content (AvgIpc) is 3.39. The number of hydrogen-bond acceptors (Lipinski definition) is 4. The number of para-hydroxylation sites is 1. The number of nitrogens with zero attached hydrogens (tertiary/aromatic N) is 4. The van der Waals surface area contributed by atoms with E-state index >= 15 is 0 Å². The lowest BCUT2D eigenvalue weighted by atomic mass is 10.0. The molecule has 3 heterocycles. The van der Waals surface area contributed by atoms with Gasteiger partial charge in [0.1, 0.15) is 5.84 Å². The summed E-state index contributed by atoms with van der Waals surface area (Å²) in [7, 11) is 0. The summed E-state index contributed by atoms with van der Waals surface area (Å²) < 4.78 is 1.78. The molecule has 0 fully saturated rings. The minimum Gasteiger partial charge on any atom is -0.283 e. The number of nitrogens with one attached hydrogen (secondary N) is 1. The predicted octanol–water partition coefficient (Wildman–Crippen LogP) is 4.32. The highest BCUT2D eigenvalue weighted by Crippen LogP contribution is 2.30. The summed E-state index contributed by atoms with van der Waals surface area (Å²) in [5.74, 6) is -0.295. The van der Waals surface area contributed by atoms with Crippen molar-refractivity contribution >= 4 is 34.7 Å². The zero-order valence-electron chi connectivity index (χ0n) is 15.2. The Hall–Kier alpha value is -3.71. The van der Waals surface area contributed by atoms with E-state index in [9.17, 15) is 4.79 Å². The van der Waals surface area contributed by atoms with Crippen LogP contribution in [0.5, 0.6) is 0 Å². The minimum absolute atomic E-state index is 0.118. The molecule has 0 aliphatic carbocycles. The Bertz CT molecular complexity index is 1210. The third kappa shape index (κ3) is 3.11. The molecule has 1 amide bonds. The molecule has 2 aliphatic rings. The van der Waals surface area contributed by atoms with Crippen LogP contribution in [0, 0.1) is 5.41 Å². The van der Waals surface area contributed by atoms with Crippen LogP contribution < -0.4 is 0 Å². The highest BCUT2D eigenvalue weighted by atomic mass is 32.2. The number of amidine groups is 2. The molecule has 140 valence electrons. The molecular formula is C22H15N5OS. The molecule has 0 spiro atoms. The van der Waals surface area contributed by atoms with Crippen molar-refractivity contribution in [2.75, 3.05) is 0 Å². The number of amides is 1. The first-order chi connectivity index (χ1) is 14.2. The van der Waals surface area contributed by atoms with Crippen LogP contribution in [0.15, 0.2) is 89.0 Å². The standard InChI is InChI=1S/C22H15N5OS/c23-20-18(21(28)24-22-26(20)11-12-29-22)13-16-14-27(17-9-5-2-6-10-17)25-19(16)15-7-3-1-4-8-15/h1-14,23H/b18-13-,23-20?. The second-order valence-electron chi connectivity index (χ2n) is 6.46. The highest BCUT2D eigenvalue weighted by molar-refractivity contribution is 8.16. The lowest BCUT2D eigenvalue weighted by Crippen LogP contribution is -2.35. The van der Waals surface area contributed by atoms with Gasteiger partial charge in [0.15, 0.2) is 5.17 Å². The Balaban J connectivity index is 1.65. The largest absolute Gasteiger partial charge is 0.283 e. The summed E-state index contributed by atoms with van der Waals surface area (Å²) in [5, 5.41) is 15.5. The first-order valence-electron chi connectivity index (χ1n) is 8.97. The summed E-state index contributed by atoms with van der Waals surface area (Å²) in [6.45, 7) is 0. The van der Waals surface area contributed by atoms with E-state index in [2.05, 4.69) is 4.99 Å². The van der Waals surface area contributed by atoms with Gasteiger partial charge in [-0.15, -0.1) is 0 Å². The van der Waals surface area contributed by atoms with E-state index in [0.717, 1.165) is 22.5 Å². The van der Waals surface area contributed by atoms with Crippen LogP contribution in [0.3, 0.4) is 0 Å².